The minimum Gasteiger partial charge on any atom is -0.288 e. The summed E-state index contributed by atoms with van der Waals surface area (Å²) < 4.78 is 2.14. The van der Waals surface area contributed by atoms with Crippen LogP contribution in [-0.4, -0.2) is 30.9 Å². The van der Waals surface area contributed by atoms with Crippen molar-refractivity contribution in [3.8, 4) is 5.82 Å². The maximum Gasteiger partial charge on any atom is 0.267 e. The Morgan fingerprint density at radius 2 is 2.21 bits per heavy atom. The Labute approximate surface area is 163 Å². The van der Waals surface area contributed by atoms with Gasteiger partial charge in [-0.05, 0) is 48.4 Å². The topological polar surface area (TPSA) is 95.8 Å². The molecule has 28 heavy (non-hydrogen) atoms. The van der Waals surface area contributed by atoms with Crippen molar-refractivity contribution in [2.75, 3.05) is 0 Å². The zero-order chi connectivity index (χ0) is 20.1. The molecule has 0 saturated carbocycles. The molecule has 7 heteroatoms. The first kappa shape index (κ1) is 18.4. The molecule has 1 aromatic carbocycles. The third-order valence-electron chi connectivity index (χ3n) is 5.17. The highest BCUT2D eigenvalue weighted by atomic mass is 16.5. The highest BCUT2D eigenvalue weighted by molar-refractivity contribution is 5.91. The lowest BCUT2D eigenvalue weighted by molar-refractivity contribution is -0.124. The summed E-state index contributed by atoms with van der Waals surface area (Å²) in [5.41, 5.74) is 6.91. The van der Waals surface area contributed by atoms with Crippen LogP contribution < -0.4 is 5.48 Å². The van der Waals surface area contributed by atoms with E-state index in [2.05, 4.69) is 42.5 Å². The van der Waals surface area contributed by atoms with Crippen LogP contribution in [0, 0.1) is 12.3 Å². The van der Waals surface area contributed by atoms with E-state index >= 15 is 0 Å². The van der Waals surface area contributed by atoms with Crippen molar-refractivity contribution in [3.63, 3.8) is 0 Å². The molecule has 1 aliphatic rings. The number of hydrogen-bond donors (Lipinski definition) is 3. The summed E-state index contributed by atoms with van der Waals surface area (Å²) in [5, 5.41) is 16.4. The van der Waals surface area contributed by atoms with E-state index in [0.29, 0.717) is 5.92 Å². The summed E-state index contributed by atoms with van der Waals surface area (Å²) in [5.74, 6) is 1.77. The Morgan fingerprint density at radius 3 is 2.93 bits per heavy atom. The Balaban J connectivity index is 1.79. The molecule has 146 valence electrons. The number of rotatable bonds is 3. The van der Waals surface area contributed by atoms with Crippen molar-refractivity contribution in [3.05, 3.63) is 46.9 Å². The van der Waals surface area contributed by atoms with Crippen LogP contribution in [0.25, 0.3) is 22.9 Å². The van der Waals surface area contributed by atoms with Crippen molar-refractivity contribution in [1.82, 2.24) is 25.2 Å². The lowest BCUT2D eigenvalue weighted by Crippen LogP contribution is -2.21. The lowest BCUT2D eigenvalue weighted by atomic mass is 9.78. The molecule has 1 atom stereocenters. The Kier molecular flexibility index (Phi) is 4.34. The highest BCUT2D eigenvalue weighted by Gasteiger charge is 2.33. The van der Waals surface area contributed by atoms with Gasteiger partial charge in [0.25, 0.3) is 5.91 Å². The average molecular weight is 379 g/mol. The third-order valence-corrected chi connectivity index (χ3v) is 5.17. The van der Waals surface area contributed by atoms with E-state index in [1.807, 2.05) is 18.2 Å². The van der Waals surface area contributed by atoms with Gasteiger partial charge in [-0.25, -0.2) is 10.5 Å². The van der Waals surface area contributed by atoms with Gasteiger partial charge in [0.1, 0.15) is 5.82 Å². The largest absolute Gasteiger partial charge is 0.288 e. The van der Waals surface area contributed by atoms with Crippen LogP contribution in [0.4, 0.5) is 0 Å². The molecular formula is C21H25N5O2. The zero-order valence-corrected chi connectivity index (χ0v) is 16.6. The second-order valence-corrected chi connectivity index (χ2v) is 8.67. The number of H-pyrrole nitrogens is 1. The summed E-state index contributed by atoms with van der Waals surface area (Å²) in [6.45, 7) is 8.88. The summed E-state index contributed by atoms with van der Waals surface area (Å²) in [7, 11) is 0. The molecule has 0 aliphatic carbocycles. The fourth-order valence-corrected chi connectivity index (χ4v) is 4.15. The van der Waals surface area contributed by atoms with E-state index in [0.717, 1.165) is 46.8 Å². The number of aromatic nitrogens is 4. The molecule has 3 N–H and O–H groups in total. The van der Waals surface area contributed by atoms with Crippen molar-refractivity contribution in [2.45, 2.75) is 46.5 Å². The number of amides is 1. The van der Waals surface area contributed by atoms with Gasteiger partial charge in [0.15, 0.2) is 5.82 Å². The zero-order valence-electron chi connectivity index (χ0n) is 16.6. The maximum atomic E-state index is 11.2. The Hall–Kier alpha value is -2.93. The van der Waals surface area contributed by atoms with Gasteiger partial charge in [-0.2, -0.15) is 5.10 Å². The van der Waals surface area contributed by atoms with E-state index in [9.17, 15) is 4.79 Å². The van der Waals surface area contributed by atoms with Gasteiger partial charge in [0.2, 0.25) is 0 Å². The number of aryl methyl sites for hydroxylation is 1. The standard InChI is InChI=1S/C21H25N5O2/c1-12-19-14(11-21(2,3)4)10-17-22-15-9-13(6-8-18(27)25-28)5-7-16(15)26(17)20(19)24-23-12/h5-9,14,28H,10-11H2,1-4H3,(H,23,24)(H,25,27)/b8-6+. The fraction of sp³-hybridized carbons (Fsp3) is 0.381. The van der Waals surface area contributed by atoms with Crippen LogP contribution in [0.3, 0.4) is 0 Å². The van der Waals surface area contributed by atoms with Gasteiger partial charge < -0.3 is 0 Å². The van der Waals surface area contributed by atoms with Crippen LogP contribution in [0.2, 0.25) is 0 Å². The van der Waals surface area contributed by atoms with Crippen molar-refractivity contribution < 1.29 is 10.0 Å². The number of imidazole rings is 1. The molecule has 2 aromatic heterocycles. The Bertz CT molecular complexity index is 1080. The van der Waals surface area contributed by atoms with Gasteiger partial charge in [-0.15, -0.1) is 0 Å². The molecule has 3 heterocycles. The quantitative estimate of drug-likeness (QED) is 0.368. The van der Waals surface area contributed by atoms with E-state index in [1.54, 1.807) is 11.6 Å². The molecular weight excluding hydrogens is 354 g/mol. The fourth-order valence-electron chi connectivity index (χ4n) is 4.15. The SMILES string of the molecule is Cc1[nH]nc2c1C(CC(C)(C)C)Cc1nc3cc(/C=C/C(=O)NO)ccc3n1-2. The molecule has 0 fully saturated rings. The third kappa shape index (κ3) is 3.22. The second kappa shape index (κ2) is 6.60. The van der Waals surface area contributed by atoms with E-state index in [4.69, 9.17) is 10.2 Å². The highest BCUT2D eigenvalue weighted by Crippen LogP contribution is 2.42. The van der Waals surface area contributed by atoms with Crippen LogP contribution in [-0.2, 0) is 11.2 Å². The van der Waals surface area contributed by atoms with E-state index in [1.165, 1.54) is 11.6 Å². The van der Waals surface area contributed by atoms with Crippen molar-refractivity contribution >= 4 is 23.0 Å². The van der Waals surface area contributed by atoms with Gasteiger partial charge in [-0.1, -0.05) is 26.8 Å². The first-order valence-corrected chi connectivity index (χ1v) is 9.45. The number of hydrogen-bond acceptors (Lipinski definition) is 4. The first-order valence-electron chi connectivity index (χ1n) is 9.45. The number of benzene rings is 1. The van der Waals surface area contributed by atoms with Gasteiger partial charge in [0.05, 0.1) is 11.0 Å². The van der Waals surface area contributed by atoms with Crippen LogP contribution in [0.15, 0.2) is 24.3 Å². The second-order valence-electron chi connectivity index (χ2n) is 8.67. The van der Waals surface area contributed by atoms with Gasteiger partial charge in [0, 0.05) is 23.8 Å². The summed E-state index contributed by atoms with van der Waals surface area (Å²) in [6, 6.07) is 5.87. The summed E-state index contributed by atoms with van der Waals surface area (Å²) in [4.78, 5) is 16.1. The number of hydroxylamine groups is 1. The molecule has 0 bridgehead atoms. The lowest BCUT2D eigenvalue weighted by Gasteiger charge is -2.29. The number of aromatic amines is 1. The first-order chi connectivity index (χ1) is 13.3. The van der Waals surface area contributed by atoms with E-state index < -0.39 is 5.91 Å². The van der Waals surface area contributed by atoms with Crippen molar-refractivity contribution in [1.29, 1.82) is 0 Å². The minimum atomic E-state index is -0.564. The molecule has 0 radical (unpaired) electrons. The number of carbonyl (C=O) groups excluding carboxylic acids is 1. The number of carbonyl (C=O) groups is 1. The molecule has 7 nitrogen and oxygen atoms in total. The van der Waals surface area contributed by atoms with Crippen LogP contribution in [0.5, 0.6) is 0 Å². The van der Waals surface area contributed by atoms with Crippen molar-refractivity contribution in [2.24, 2.45) is 5.41 Å². The van der Waals surface area contributed by atoms with Gasteiger partial charge in [-0.3, -0.25) is 19.7 Å². The molecule has 1 amide bonds. The van der Waals surface area contributed by atoms with Crippen LogP contribution in [0.1, 0.15) is 55.8 Å². The normalized spacial score (nSPS) is 16.4. The van der Waals surface area contributed by atoms with E-state index in [-0.39, 0.29) is 5.41 Å². The predicted molar refractivity (Wildman–Crippen MR) is 107 cm³/mol. The molecule has 1 unspecified atom stereocenters. The predicted octanol–water partition coefficient (Wildman–Crippen LogP) is 3.65. The molecule has 0 saturated heterocycles. The molecule has 0 spiro atoms. The number of fused-ring (bicyclic) bond motifs is 5. The summed E-state index contributed by atoms with van der Waals surface area (Å²) in [6.07, 6.45) is 4.87. The maximum absolute atomic E-state index is 11.2. The number of nitrogens with zero attached hydrogens (tertiary/aromatic N) is 3. The summed E-state index contributed by atoms with van der Waals surface area (Å²) >= 11 is 0. The van der Waals surface area contributed by atoms with Crippen LogP contribution >= 0.6 is 0 Å². The smallest absolute Gasteiger partial charge is 0.267 e. The minimum absolute atomic E-state index is 0.213. The average Bonchev–Trinajstić information content (AvgIpc) is 3.18. The Morgan fingerprint density at radius 1 is 1.43 bits per heavy atom. The molecule has 1 aliphatic heterocycles. The monoisotopic (exact) mass is 379 g/mol. The number of nitrogens with one attached hydrogen (secondary N) is 2. The molecule has 3 aromatic rings. The molecule has 4 rings (SSSR count). The van der Waals surface area contributed by atoms with Gasteiger partial charge >= 0.3 is 0 Å².